The zero-order chi connectivity index (χ0) is 14.0. The van der Waals surface area contributed by atoms with Gasteiger partial charge in [0.2, 0.25) is 0 Å². The first-order valence-electron chi connectivity index (χ1n) is 5.97. The van der Waals surface area contributed by atoms with E-state index in [1.54, 1.807) is 31.2 Å². The largest absolute Gasteiger partial charge is 0.453 e. The van der Waals surface area contributed by atoms with Crippen molar-refractivity contribution < 1.29 is 9.13 Å². The number of nitrogens with two attached hydrogens (primary N) is 1. The Kier molecular flexibility index (Phi) is 4.22. The molecule has 2 aromatic rings. The second kappa shape index (κ2) is 5.72. The summed E-state index contributed by atoms with van der Waals surface area (Å²) in [5.74, 6) is 0.439. The van der Waals surface area contributed by atoms with E-state index in [0.717, 1.165) is 10.0 Å². The summed E-state index contributed by atoms with van der Waals surface area (Å²) in [4.78, 5) is 0. The van der Waals surface area contributed by atoms with Crippen LogP contribution in [0.25, 0.3) is 0 Å². The molecule has 100 valence electrons. The molecule has 0 unspecified atom stereocenters. The molecule has 0 saturated heterocycles. The molecular weight excluding hydrogens is 309 g/mol. The van der Waals surface area contributed by atoms with Gasteiger partial charge in [0.15, 0.2) is 11.6 Å². The smallest absolute Gasteiger partial charge is 0.168 e. The number of aryl methyl sites for hydroxylation is 1. The van der Waals surface area contributed by atoms with Crippen molar-refractivity contribution in [2.75, 3.05) is 0 Å². The van der Waals surface area contributed by atoms with Crippen LogP contribution in [0.3, 0.4) is 0 Å². The van der Waals surface area contributed by atoms with Crippen LogP contribution in [0.4, 0.5) is 4.39 Å². The molecule has 0 heterocycles. The van der Waals surface area contributed by atoms with E-state index in [0.29, 0.717) is 11.3 Å². The third-order valence-corrected chi connectivity index (χ3v) is 3.48. The molecule has 2 nitrogen and oxygen atoms in total. The second-order valence-corrected chi connectivity index (χ2v) is 5.32. The molecule has 1 atom stereocenters. The molecule has 0 aliphatic rings. The zero-order valence-electron chi connectivity index (χ0n) is 10.8. The fraction of sp³-hybridized carbons (Fsp3) is 0.200. The van der Waals surface area contributed by atoms with E-state index < -0.39 is 0 Å². The van der Waals surface area contributed by atoms with Gasteiger partial charge < -0.3 is 10.5 Å². The first-order valence-corrected chi connectivity index (χ1v) is 6.76. The van der Waals surface area contributed by atoms with Crippen molar-refractivity contribution in [1.82, 2.24) is 0 Å². The van der Waals surface area contributed by atoms with E-state index in [1.165, 1.54) is 0 Å². The maximum absolute atomic E-state index is 13.9. The van der Waals surface area contributed by atoms with Crippen molar-refractivity contribution in [2.24, 2.45) is 5.73 Å². The third kappa shape index (κ3) is 3.14. The highest BCUT2D eigenvalue weighted by Crippen LogP contribution is 2.33. The van der Waals surface area contributed by atoms with Gasteiger partial charge in [-0.25, -0.2) is 4.39 Å². The van der Waals surface area contributed by atoms with Crippen LogP contribution >= 0.6 is 15.9 Å². The molecule has 0 amide bonds. The van der Waals surface area contributed by atoms with Crippen LogP contribution in [-0.4, -0.2) is 0 Å². The Morgan fingerprint density at radius 1 is 1.21 bits per heavy atom. The maximum atomic E-state index is 13.9. The molecule has 2 N–H and O–H groups in total. The van der Waals surface area contributed by atoms with E-state index in [-0.39, 0.29) is 17.6 Å². The molecule has 19 heavy (non-hydrogen) atoms. The Hall–Kier alpha value is -1.39. The molecule has 2 rings (SSSR count). The third-order valence-electron chi connectivity index (χ3n) is 2.86. The highest BCUT2D eigenvalue weighted by molar-refractivity contribution is 9.10. The summed E-state index contributed by atoms with van der Waals surface area (Å²) in [5, 5.41) is 0. The normalized spacial score (nSPS) is 12.3. The summed E-state index contributed by atoms with van der Waals surface area (Å²) in [6.07, 6.45) is 0. The molecule has 2 aromatic carbocycles. The topological polar surface area (TPSA) is 35.2 Å². The Labute approximate surface area is 120 Å². The lowest BCUT2D eigenvalue weighted by Crippen LogP contribution is -2.04. The predicted octanol–water partition coefficient (Wildman–Crippen LogP) is 4.71. The molecular formula is C15H15BrFNO. The average Bonchev–Trinajstić information content (AvgIpc) is 2.37. The maximum Gasteiger partial charge on any atom is 0.168 e. The van der Waals surface area contributed by atoms with Gasteiger partial charge in [-0.2, -0.15) is 0 Å². The van der Waals surface area contributed by atoms with Gasteiger partial charge in [0.25, 0.3) is 0 Å². The Balaban J connectivity index is 2.31. The van der Waals surface area contributed by atoms with Crippen molar-refractivity contribution in [3.05, 3.63) is 57.8 Å². The van der Waals surface area contributed by atoms with Crippen LogP contribution < -0.4 is 10.5 Å². The van der Waals surface area contributed by atoms with Gasteiger partial charge in [-0.15, -0.1) is 0 Å². The van der Waals surface area contributed by atoms with Crippen molar-refractivity contribution >= 4 is 15.9 Å². The zero-order valence-corrected chi connectivity index (χ0v) is 12.4. The molecule has 0 saturated carbocycles. The quantitative estimate of drug-likeness (QED) is 0.887. The first kappa shape index (κ1) is 14.0. The lowest BCUT2D eigenvalue weighted by atomic mass is 10.1. The van der Waals surface area contributed by atoms with Crippen LogP contribution in [0.15, 0.2) is 40.9 Å². The lowest BCUT2D eigenvalue weighted by molar-refractivity contribution is 0.437. The van der Waals surface area contributed by atoms with E-state index in [4.69, 9.17) is 10.5 Å². The van der Waals surface area contributed by atoms with Crippen LogP contribution in [0.2, 0.25) is 0 Å². The molecule has 0 spiro atoms. The molecule has 0 radical (unpaired) electrons. The summed E-state index contributed by atoms with van der Waals surface area (Å²) >= 11 is 3.41. The van der Waals surface area contributed by atoms with E-state index in [1.807, 2.05) is 19.1 Å². The monoisotopic (exact) mass is 323 g/mol. The summed E-state index contributed by atoms with van der Waals surface area (Å²) in [6.45, 7) is 3.61. The SMILES string of the molecule is Cc1cccc(Oc2ccc([C@H](C)N)cc2Br)c1F. The molecule has 4 heteroatoms. The molecule has 0 aliphatic heterocycles. The number of halogens is 2. The van der Waals surface area contributed by atoms with Gasteiger partial charge in [-0.1, -0.05) is 18.2 Å². The van der Waals surface area contributed by atoms with Gasteiger partial charge in [0.1, 0.15) is 5.75 Å². The van der Waals surface area contributed by atoms with Crippen molar-refractivity contribution in [3.8, 4) is 11.5 Å². The van der Waals surface area contributed by atoms with Crippen LogP contribution in [0, 0.1) is 12.7 Å². The number of rotatable bonds is 3. The molecule has 0 aromatic heterocycles. The molecule has 0 bridgehead atoms. The number of ether oxygens (including phenoxy) is 1. The fourth-order valence-electron chi connectivity index (χ4n) is 1.70. The summed E-state index contributed by atoms with van der Waals surface area (Å²) < 4.78 is 20.2. The van der Waals surface area contributed by atoms with Crippen molar-refractivity contribution in [3.63, 3.8) is 0 Å². The molecule has 0 aliphatic carbocycles. The average molecular weight is 324 g/mol. The first-order chi connectivity index (χ1) is 8.99. The van der Waals surface area contributed by atoms with Crippen LogP contribution in [0.1, 0.15) is 24.1 Å². The minimum atomic E-state index is -0.342. The number of hydrogen-bond donors (Lipinski definition) is 1. The minimum absolute atomic E-state index is 0.0546. The Morgan fingerprint density at radius 2 is 1.95 bits per heavy atom. The summed E-state index contributed by atoms with van der Waals surface area (Å²) in [6, 6.07) is 10.6. The predicted molar refractivity (Wildman–Crippen MR) is 78.0 cm³/mol. The summed E-state index contributed by atoms with van der Waals surface area (Å²) in [7, 11) is 0. The lowest BCUT2D eigenvalue weighted by Gasteiger charge is -2.12. The summed E-state index contributed by atoms with van der Waals surface area (Å²) in [5.41, 5.74) is 7.35. The highest BCUT2D eigenvalue weighted by Gasteiger charge is 2.10. The fourth-order valence-corrected chi connectivity index (χ4v) is 2.18. The molecule has 0 fully saturated rings. The number of benzene rings is 2. The van der Waals surface area contributed by atoms with Gasteiger partial charge in [-0.05, 0) is 59.1 Å². The van der Waals surface area contributed by atoms with Gasteiger partial charge in [0, 0.05) is 6.04 Å². The van der Waals surface area contributed by atoms with E-state index in [2.05, 4.69) is 15.9 Å². The Bertz CT molecular complexity index is 599. The van der Waals surface area contributed by atoms with Crippen LogP contribution in [0.5, 0.6) is 11.5 Å². The highest BCUT2D eigenvalue weighted by atomic mass is 79.9. The van der Waals surface area contributed by atoms with Crippen LogP contribution in [-0.2, 0) is 0 Å². The Morgan fingerprint density at radius 3 is 2.58 bits per heavy atom. The van der Waals surface area contributed by atoms with Crippen molar-refractivity contribution in [1.29, 1.82) is 0 Å². The van der Waals surface area contributed by atoms with Gasteiger partial charge >= 0.3 is 0 Å². The van der Waals surface area contributed by atoms with Crippen molar-refractivity contribution in [2.45, 2.75) is 19.9 Å². The van der Waals surface area contributed by atoms with E-state index in [9.17, 15) is 4.39 Å². The van der Waals surface area contributed by atoms with Gasteiger partial charge in [0.05, 0.1) is 4.47 Å². The minimum Gasteiger partial charge on any atom is -0.453 e. The number of hydrogen-bond acceptors (Lipinski definition) is 2. The second-order valence-electron chi connectivity index (χ2n) is 4.47. The standard InChI is InChI=1S/C15H15BrFNO/c1-9-4-3-5-14(15(9)17)19-13-7-6-11(10(2)18)8-12(13)16/h3-8,10H,18H2,1-2H3/t10-/m0/s1. The van der Waals surface area contributed by atoms with Gasteiger partial charge in [-0.3, -0.25) is 0 Å². The van der Waals surface area contributed by atoms with E-state index >= 15 is 0 Å².